The molecule has 0 spiro atoms. The van der Waals surface area contributed by atoms with Crippen LogP contribution < -0.4 is 4.74 Å². The van der Waals surface area contributed by atoms with E-state index in [0.29, 0.717) is 23.4 Å². The number of benzene rings is 1. The molecule has 0 fully saturated rings. The van der Waals surface area contributed by atoms with Crippen molar-refractivity contribution >= 4 is 34.2 Å². The zero-order valence-electron chi connectivity index (χ0n) is 12.5. The SMILES string of the molecule is COCOc1ccc(C2=[C-]CC(I)C(=O)N2CC(F)F)cc1.[Y]. The molecule has 1 aromatic carbocycles. The summed E-state index contributed by atoms with van der Waals surface area (Å²) in [5.41, 5.74) is 1.05. The zero-order valence-corrected chi connectivity index (χ0v) is 17.5. The summed E-state index contributed by atoms with van der Waals surface area (Å²) in [6.07, 6.45) is 0.871. The Kier molecular flexibility index (Phi) is 9.10. The molecule has 1 unspecified atom stereocenters. The van der Waals surface area contributed by atoms with Crippen LogP contribution in [0.15, 0.2) is 24.3 Å². The minimum Gasteiger partial charge on any atom is -0.468 e. The quantitative estimate of drug-likeness (QED) is 0.255. The molecule has 0 saturated carbocycles. The van der Waals surface area contributed by atoms with Crippen LogP contribution in [-0.2, 0) is 42.2 Å². The predicted molar refractivity (Wildman–Crippen MR) is 85.7 cm³/mol. The Morgan fingerprint density at radius 3 is 2.61 bits per heavy atom. The van der Waals surface area contributed by atoms with E-state index >= 15 is 0 Å². The third-order valence-electron chi connectivity index (χ3n) is 3.04. The van der Waals surface area contributed by atoms with Crippen molar-refractivity contribution in [2.75, 3.05) is 20.4 Å². The molecule has 2 rings (SSSR count). The number of hydrogen-bond donors (Lipinski definition) is 0. The molecule has 1 heterocycles. The van der Waals surface area contributed by atoms with Crippen molar-refractivity contribution in [3.63, 3.8) is 0 Å². The second-order valence-electron chi connectivity index (χ2n) is 4.61. The van der Waals surface area contributed by atoms with Crippen LogP contribution in [0.1, 0.15) is 12.0 Å². The van der Waals surface area contributed by atoms with Crippen molar-refractivity contribution in [2.24, 2.45) is 0 Å². The van der Waals surface area contributed by atoms with Gasteiger partial charge in [0, 0.05) is 39.8 Å². The molecule has 4 nitrogen and oxygen atoms in total. The normalized spacial score (nSPS) is 17.8. The Morgan fingerprint density at radius 1 is 1.39 bits per heavy atom. The van der Waals surface area contributed by atoms with Gasteiger partial charge in [0.1, 0.15) is 5.75 Å². The number of halogens is 3. The molecule has 1 aromatic rings. The van der Waals surface area contributed by atoms with Gasteiger partial charge in [-0.2, -0.15) is 5.56 Å². The maximum absolute atomic E-state index is 12.7. The van der Waals surface area contributed by atoms with E-state index < -0.39 is 13.0 Å². The number of allylic oxidation sites excluding steroid dienone is 1. The van der Waals surface area contributed by atoms with Crippen LogP contribution in [0.2, 0.25) is 0 Å². The molecule has 8 heteroatoms. The first-order valence-electron chi connectivity index (χ1n) is 6.59. The van der Waals surface area contributed by atoms with Crippen LogP contribution in [0.25, 0.3) is 5.70 Å². The largest absolute Gasteiger partial charge is 0.468 e. The van der Waals surface area contributed by atoms with Gasteiger partial charge in [-0.05, 0) is 12.1 Å². The number of hydrogen-bond acceptors (Lipinski definition) is 3. The summed E-state index contributed by atoms with van der Waals surface area (Å²) in [4.78, 5) is 13.2. The van der Waals surface area contributed by atoms with E-state index in [9.17, 15) is 13.6 Å². The van der Waals surface area contributed by atoms with Crippen molar-refractivity contribution < 1.29 is 55.8 Å². The second kappa shape index (κ2) is 10.0. The Hall–Kier alpha value is -0.116. The van der Waals surface area contributed by atoms with Crippen molar-refractivity contribution in [1.82, 2.24) is 4.90 Å². The molecule has 0 aliphatic carbocycles. The fraction of sp³-hybridized carbons (Fsp3) is 0.400. The number of carbonyl (C=O) groups is 1. The molecule has 1 radical (unpaired) electrons. The van der Waals surface area contributed by atoms with Gasteiger partial charge >= 0.3 is 0 Å². The third-order valence-corrected chi connectivity index (χ3v) is 4.02. The van der Waals surface area contributed by atoms with Gasteiger partial charge < -0.3 is 14.4 Å². The summed E-state index contributed by atoms with van der Waals surface area (Å²) in [6, 6.07) is 6.83. The minimum atomic E-state index is -2.59. The molecule has 1 aliphatic heterocycles. The average molecular weight is 511 g/mol. The Balaban J connectivity index is 0.00000264. The molecule has 0 saturated heterocycles. The maximum atomic E-state index is 12.7. The Labute approximate surface area is 172 Å². The third kappa shape index (κ3) is 5.72. The Morgan fingerprint density at radius 2 is 2.04 bits per heavy atom. The number of methoxy groups -OCH3 is 1. The molecular formula is C15H15F2INO3Y-. The maximum Gasteiger partial charge on any atom is 0.256 e. The van der Waals surface area contributed by atoms with E-state index in [-0.39, 0.29) is 49.3 Å². The van der Waals surface area contributed by atoms with E-state index in [4.69, 9.17) is 9.47 Å². The first-order chi connectivity index (χ1) is 10.5. The predicted octanol–water partition coefficient (Wildman–Crippen LogP) is 3.11. The molecule has 123 valence electrons. The summed E-state index contributed by atoms with van der Waals surface area (Å²) in [5.74, 6) is 0.287. The average Bonchev–Trinajstić information content (AvgIpc) is 2.50. The van der Waals surface area contributed by atoms with Crippen molar-refractivity contribution in [2.45, 2.75) is 16.8 Å². The van der Waals surface area contributed by atoms with Gasteiger partial charge in [-0.15, -0.1) is 17.8 Å². The summed E-state index contributed by atoms with van der Waals surface area (Å²) in [6.45, 7) is -0.497. The molecule has 0 bridgehead atoms. The van der Waals surface area contributed by atoms with Gasteiger partial charge in [0.2, 0.25) is 5.91 Å². The summed E-state index contributed by atoms with van der Waals surface area (Å²) in [7, 11) is 1.52. The molecule has 1 aliphatic rings. The zero-order chi connectivity index (χ0) is 16.1. The van der Waals surface area contributed by atoms with Gasteiger partial charge in [-0.25, -0.2) is 14.9 Å². The van der Waals surface area contributed by atoms with E-state index in [1.807, 2.05) is 22.6 Å². The first kappa shape index (κ1) is 20.9. The Bertz CT molecular complexity index is 554. The fourth-order valence-electron chi connectivity index (χ4n) is 2.06. The number of amides is 1. The van der Waals surface area contributed by atoms with Gasteiger partial charge in [0.05, 0.1) is 10.5 Å². The van der Waals surface area contributed by atoms with Crippen LogP contribution in [0.4, 0.5) is 8.78 Å². The molecule has 1 amide bonds. The van der Waals surface area contributed by atoms with E-state index in [0.717, 1.165) is 4.90 Å². The monoisotopic (exact) mass is 511 g/mol. The van der Waals surface area contributed by atoms with Crippen LogP contribution >= 0.6 is 22.6 Å². The molecule has 0 N–H and O–H groups in total. The van der Waals surface area contributed by atoms with Gasteiger partial charge in [0.25, 0.3) is 6.43 Å². The van der Waals surface area contributed by atoms with Crippen LogP contribution in [-0.4, -0.2) is 41.6 Å². The van der Waals surface area contributed by atoms with Gasteiger partial charge in [-0.1, -0.05) is 29.0 Å². The number of ether oxygens (including phenoxy) is 2. The number of alkyl halides is 3. The smallest absolute Gasteiger partial charge is 0.256 e. The van der Waals surface area contributed by atoms with E-state index in [1.54, 1.807) is 24.3 Å². The van der Waals surface area contributed by atoms with Crippen LogP contribution in [0, 0.1) is 6.08 Å². The standard InChI is InChI=1S/C15H15F2INO3.Y/c1-21-9-22-11-4-2-10(3-5-11)13-7-6-12(18)15(20)19(13)8-14(16)17;/h2-5,12,14H,6,8-9H2,1H3;/q-1;. The second-order valence-corrected chi connectivity index (χ2v) is 6.12. The van der Waals surface area contributed by atoms with Crippen LogP contribution in [0.3, 0.4) is 0 Å². The van der Waals surface area contributed by atoms with Gasteiger partial charge in [-0.3, -0.25) is 4.79 Å². The fourth-order valence-corrected chi connectivity index (χ4v) is 2.62. The van der Waals surface area contributed by atoms with Crippen molar-refractivity contribution in [1.29, 1.82) is 0 Å². The number of carbonyl (C=O) groups excluding carboxylic acids is 1. The van der Waals surface area contributed by atoms with Crippen LogP contribution in [0.5, 0.6) is 5.75 Å². The van der Waals surface area contributed by atoms with Crippen molar-refractivity contribution in [3.05, 3.63) is 35.9 Å². The van der Waals surface area contributed by atoms with E-state index in [1.165, 1.54) is 7.11 Å². The minimum absolute atomic E-state index is 0. The first-order valence-corrected chi connectivity index (χ1v) is 7.84. The molecular weight excluding hydrogens is 496 g/mol. The molecule has 0 aromatic heterocycles. The summed E-state index contributed by atoms with van der Waals surface area (Å²) in [5, 5.41) is 0. The summed E-state index contributed by atoms with van der Waals surface area (Å²) < 4.78 is 35.2. The number of rotatable bonds is 6. The molecule has 23 heavy (non-hydrogen) atoms. The molecule has 1 atom stereocenters. The van der Waals surface area contributed by atoms with E-state index in [2.05, 4.69) is 6.08 Å². The summed E-state index contributed by atoms with van der Waals surface area (Å²) >= 11 is 1.95. The van der Waals surface area contributed by atoms with Crippen molar-refractivity contribution in [3.8, 4) is 5.75 Å². The van der Waals surface area contributed by atoms with Gasteiger partial charge in [0.15, 0.2) is 6.79 Å². The topological polar surface area (TPSA) is 38.8 Å². The number of nitrogens with zero attached hydrogens (tertiary/aromatic N) is 1.